The van der Waals surface area contributed by atoms with Crippen molar-refractivity contribution in [3.63, 3.8) is 0 Å². The van der Waals surface area contributed by atoms with Gasteiger partial charge in [0.1, 0.15) is 6.10 Å². The minimum atomic E-state index is -0.947. The molecule has 0 amide bonds. The third-order valence-corrected chi connectivity index (χ3v) is 8.61. The molecule has 1 heterocycles. The Kier molecular flexibility index (Phi) is 6.85. The van der Waals surface area contributed by atoms with E-state index in [0.717, 1.165) is 19.4 Å². The van der Waals surface area contributed by atoms with E-state index in [4.69, 9.17) is 9.47 Å². The van der Waals surface area contributed by atoms with Crippen LogP contribution in [0, 0.1) is 0 Å². The van der Waals surface area contributed by atoms with Gasteiger partial charge in [-0.25, -0.2) is 0 Å². The maximum atomic E-state index is 6.54. The summed E-state index contributed by atoms with van der Waals surface area (Å²) in [5.41, 5.74) is 2.58. The first-order chi connectivity index (χ1) is 12.3. The minimum absolute atomic E-state index is 0.0337. The zero-order valence-corrected chi connectivity index (χ0v) is 16.6. The van der Waals surface area contributed by atoms with Crippen LogP contribution in [0.25, 0.3) is 0 Å². The molecule has 1 fully saturated rings. The highest BCUT2D eigenvalue weighted by Crippen LogP contribution is 2.29. The van der Waals surface area contributed by atoms with Crippen LogP contribution in [0.4, 0.5) is 0 Å². The molecule has 2 aromatic carbocycles. The first kappa shape index (κ1) is 18.4. The molecule has 2 nitrogen and oxygen atoms in total. The lowest BCUT2D eigenvalue weighted by atomic mass is 10.0. The zero-order chi connectivity index (χ0) is 17.5. The molecule has 1 aliphatic rings. The predicted molar refractivity (Wildman–Crippen MR) is 107 cm³/mol. The Labute approximate surface area is 153 Å². The Hall–Kier alpha value is -1.42. The van der Waals surface area contributed by atoms with E-state index < -0.39 is 8.80 Å². The summed E-state index contributed by atoms with van der Waals surface area (Å²) < 4.78 is 12.4. The normalized spacial score (nSPS) is 19.1. The molecule has 1 unspecified atom stereocenters. The molecule has 0 saturated carbocycles. The molecule has 2 atom stereocenters. The molecule has 25 heavy (non-hydrogen) atoms. The lowest BCUT2D eigenvalue weighted by molar-refractivity contribution is -0.181. The van der Waals surface area contributed by atoms with Gasteiger partial charge in [0.2, 0.25) is 0 Å². The molecule has 3 heteroatoms. The van der Waals surface area contributed by atoms with E-state index in [1.807, 2.05) is 0 Å². The monoisotopic (exact) mass is 354 g/mol. The van der Waals surface area contributed by atoms with Crippen LogP contribution in [0.2, 0.25) is 12.1 Å². The van der Waals surface area contributed by atoms with Gasteiger partial charge in [-0.3, -0.25) is 0 Å². The van der Waals surface area contributed by atoms with E-state index in [-0.39, 0.29) is 12.4 Å². The summed E-state index contributed by atoms with van der Waals surface area (Å²) >= 11 is 0. The smallest absolute Gasteiger partial charge is 0.158 e. The van der Waals surface area contributed by atoms with Crippen molar-refractivity contribution in [3.8, 4) is 0 Å². The number of benzene rings is 2. The lowest BCUT2D eigenvalue weighted by Crippen LogP contribution is -2.34. The van der Waals surface area contributed by atoms with Crippen molar-refractivity contribution in [3.05, 3.63) is 65.7 Å². The van der Waals surface area contributed by atoms with Gasteiger partial charge in [0.15, 0.2) is 6.29 Å². The maximum absolute atomic E-state index is 6.54. The van der Waals surface area contributed by atoms with E-state index in [2.05, 4.69) is 68.4 Å². The van der Waals surface area contributed by atoms with Gasteiger partial charge in [-0.15, -0.1) is 0 Å². The largest absolute Gasteiger partial charge is 0.353 e. The fraction of sp³-hybridized carbons (Fsp3) is 0.455. The van der Waals surface area contributed by atoms with Crippen LogP contribution >= 0.6 is 0 Å². The number of hydrogen-bond donors (Lipinski definition) is 0. The van der Waals surface area contributed by atoms with Gasteiger partial charge in [0, 0.05) is 6.61 Å². The zero-order valence-electron chi connectivity index (χ0n) is 15.5. The molecule has 0 bridgehead atoms. The molecule has 0 radical (unpaired) electrons. The van der Waals surface area contributed by atoms with Gasteiger partial charge < -0.3 is 9.47 Å². The molecule has 0 aliphatic carbocycles. The van der Waals surface area contributed by atoms with Crippen LogP contribution in [0.1, 0.15) is 50.3 Å². The van der Waals surface area contributed by atoms with E-state index in [1.54, 1.807) is 5.19 Å². The van der Waals surface area contributed by atoms with Crippen LogP contribution in [0.3, 0.4) is 0 Å². The van der Waals surface area contributed by atoms with Crippen LogP contribution in [-0.4, -0.2) is 21.7 Å². The molecule has 2 aromatic rings. The Morgan fingerprint density at radius 2 is 1.72 bits per heavy atom. The first-order valence-electron chi connectivity index (χ1n) is 9.74. The fourth-order valence-corrected chi connectivity index (χ4v) is 6.34. The van der Waals surface area contributed by atoms with Gasteiger partial charge >= 0.3 is 0 Å². The lowest BCUT2D eigenvalue weighted by Gasteiger charge is -2.30. The second-order valence-corrected chi connectivity index (χ2v) is 10.5. The SMILES string of the molecule is CC[SiH](CC)c1ccccc1[C@@H](OC1CCCCO1)c1ccccc1. The van der Waals surface area contributed by atoms with E-state index >= 15 is 0 Å². The molecule has 1 aliphatic heterocycles. The summed E-state index contributed by atoms with van der Waals surface area (Å²) in [6.07, 6.45) is 3.21. The standard InChI is InChI=1S/C22H30O2Si/c1-3-25(4-2)20-15-9-8-14-19(20)22(18-12-6-5-7-13-18)24-21-16-10-11-17-23-21/h5-9,12-15,21-22,25H,3-4,10-11,16-17H2,1-2H3/t21?,22-/m0/s1. The summed E-state index contributed by atoms with van der Waals surface area (Å²) in [4.78, 5) is 0. The molecular formula is C22H30O2Si. The summed E-state index contributed by atoms with van der Waals surface area (Å²) in [5.74, 6) is 0. The second-order valence-electron chi connectivity index (χ2n) is 6.87. The van der Waals surface area contributed by atoms with Crippen molar-refractivity contribution < 1.29 is 9.47 Å². The van der Waals surface area contributed by atoms with Crippen molar-refractivity contribution in [2.45, 2.75) is 57.6 Å². The van der Waals surface area contributed by atoms with Crippen molar-refractivity contribution in [1.82, 2.24) is 0 Å². The predicted octanol–water partition coefficient (Wildman–Crippen LogP) is 4.79. The highest BCUT2D eigenvalue weighted by Gasteiger charge is 2.26. The van der Waals surface area contributed by atoms with E-state index in [0.29, 0.717) is 0 Å². The summed E-state index contributed by atoms with van der Waals surface area (Å²) in [5, 5.41) is 1.55. The van der Waals surface area contributed by atoms with Gasteiger partial charge in [0.05, 0.1) is 8.80 Å². The van der Waals surface area contributed by atoms with Crippen LogP contribution in [-0.2, 0) is 9.47 Å². The molecular weight excluding hydrogens is 324 g/mol. The fourth-order valence-electron chi connectivity index (χ4n) is 3.78. The number of rotatable bonds is 7. The highest BCUT2D eigenvalue weighted by molar-refractivity contribution is 6.73. The Morgan fingerprint density at radius 3 is 2.40 bits per heavy atom. The summed E-state index contributed by atoms with van der Waals surface area (Å²) in [6, 6.07) is 22.1. The Bertz CT molecular complexity index is 633. The highest BCUT2D eigenvalue weighted by atomic mass is 28.3. The number of hydrogen-bond acceptors (Lipinski definition) is 2. The average molecular weight is 355 g/mol. The van der Waals surface area contributed by atoms with Gasteiger partial charge in [-0.2, -0.15) is 0 Å². The molecule has 0 aromatic heterocycles. The summed E-state index contributed by atoms with van der Waals surface area (Å²) in [6.45, 7) is 5.48. The topological polar surface area (TPSA) is 18.5 Å². The Morgan fingerprint density at radius 1 is 1.00 bits per heavy atom. The van der Waals surface area contributed by atoms with Crippen molar-refractivity contribution in [1.29, 1.82) is 0 Å². The van der Waals surface area contributed by atoms with Gasteiger partial charge in [-0.1, -0.05) is 85.7 Å². The van der Waals surface area contributed by atoms with E-state index in [1.165, 1.54) is 29.6 Å². The average Bonchev–Trinajstić information content (AvgIpc) is 2.69. The Balaban J connectivity index is 1.96. The summed E-state index contributed by atoms with van der Waals surface area (Å²) in [7, 11) is -0.947. The van der Waals surface area contributed by atoms with Crippen LogP contribution in [0.15, 0.2) is 54.6 Å². The van der Waals surface area contributed by atoms with Crippen molar-refractivity contribution >= 4 is 14.0 Å². The minimum Gasteiger partial charge on any atom is -0.353 e. The van der Waals surface area contributed by atoms with E-state index in [9.17, 15) is 0 Å². The third kappa shape index (κ3) is 4.60. The van der Waals surface area contributed by atoms with Crippen LogP contribution < -0.4 is 5.19 Å². The maximum Gasteiger partial charge on any atom is 0.158 e. The van der Waals surface area contributed by atoms with Gasteiger partial charge in [-0.05, 0) is 30.4 Å². The quantitative estimate of drug-likeness (QED) is 0.665. The molecule has 134 valence electrons. The van der Waals surface area contributed by atoms with Crippen molar-refractivity contribution in [2.75, 3.05) is 6.61 Å². The molecule has 0 N–H and O–H groups in total. The second kappa shape index (κ2) is 9.32. The number of ether oxygens (including phenoxy) is 2. The first-order valence-corrected chi connectivity index (χ1v) is 11.9. The van der Waals surface area contributed by atoms with Crippen molar-refractivity contribution in [2.24, 2.45) is 0 Å². The molecule has 1 saturated heterocycles. The molecule has 3 rings (SSSR count). The van der Waals surface area contributed by atoms with Crippen LogP contribution in [0.5, 0.6) is 0 Å². The molecule has 0 spiro atoms. The van der Waals surface area contributed by atoms with Gasteiger partial charge in [0.25, 0.3) is 0 Å². The third-order valence-electron chi connectivity index (χ3n) is 5.23.